The molecule has 1 aliphatic heterocycles. The van der Waals surface area contributed by atoms with Gasteiger partial charge in [0.15, 0.2) is 0 Å². The molecule has 0 saturated carbocycles. The van der Waals surface area contributed by atoms with Crippen molar-refractivity contribution >= 4 is 30.7 Å². The van der Waals surface area contributed by atoms with Crippen LogP contribution in [-0.4, -0.2) is 50.2 Å². The van der Waals surface area contributed by atoms with Crippen molar-refractivity contribution in [2.45, 2.75) is 45.1 Å². The third-order valence-corrected chi connectivity index (χ3v) is 4.43. The summed E-state index contributed by atoms with van der Waals surface area (Å²) < 4.78 is 11.2. The van der Waals surface area contributed by atoms with E-state index in [4.69, 9.17) is 14.9 Å². The number of carbonyl (C=O) groups is 1. The summed E-state index contributed by atoms with van der Waals surface area (Å²) in [5.74, 6) is 1.93. The van der Waals surface area contributed by atoms with Crippen molar-refractivity contribution in [2.75, 3.05) is 39.4 Å². The van der Waals surface area contributed by atoms with Crippen LogP contribution in [0.2, 0.25) is 0 Å². The minimum absolute atomic E-state index is 0. The molecule has 0 bridgehead atoms. The molecule has 26 heavy (non-hydrogen) atoms. The van der Waals surface area contributed by atoms with Gasteiger partial charge in [-0.05, 0) is 38.4 Å². The number of halogens is 2. The number of hydrogen-bond acceptors (Lipinski definition) is 5. The molecular formula is C18H33Cl2N3O3. The first-order valence-corrected chi connectivity index (χ1v) is 9.05. The summed E-state index contributed by atoms with van der Waals surface area (Å²) in [5.41, 5.74) is 5.48. The van der Waals surface area contributed by atoms with Crippen LogP contribution in [0.4, 0.5) is 0 Å². The van der Waals surface area contributed by atoms with Crippen LogP contribution in [0.15, 0.2) is 16.5 Å². The number of amides is 1. The minimum Gasteiger partial charge on any atom is -0.465 e. The van der Waals surface area contributed by atoms with Crippen molar-refractivity contribution in [2.24, 2.45) is 5.73 Å². The number of rotatable bonds is 10. The fraction of sp³-hybridized carbons (Fsp3) is 0.722. The van der Waals surface area contributed by atoms with Crippen molar-refractivity contribution in [1.82, 2.24) is 10.2 Å². The maximum atomic E-state index is 12.1. The average molecular weight is 410 g/mol. The van der Waals surface area contributed by atoms with Gasteiger partial charge in [-0.1, -0.05) is 12.8 Å². The van der Waals surface area contributed by atoms with Crippen LogP contribution in [0.1, 0.15) is 49.7 Å². The van der Waals surface area contributed by atoms with Gasteiger partial charge < -0.3 is 20.2 Å². The summed E-state index contributed by atoms with van der Waals surface area (Å²) in [6.07, 6.45) is 4.71. The summed E-state index contributed by atoms with van der Waals surface area (Å²) in [7, 11) is 0. The Bertz CT molecular complexity index is 494. The van der Waals surface area contributed by atoms with E-state index < -0.39 is 0 Å². The van der Waals surface area contributed by atoms with E-state index in [1.807, 2.05) is 19.1 Å². The fourth-order valence-electron chi connectivity index (χ4n) is 3.01. The lowest BCUT2D eigenvalue weighted by atomic mass is 10.1. The van der Waals surface area contributed by atoms with E-state index in [2.05, 4.69) is 10.2 Å². The van der Waals surface area contributed by atoms with Crippen LogP contribution in [-0.2, 0) is 9.53 Å². The summed E-state index contributed by atoms with van der Waals surface area (Å²) in [6.45, 7) is 6.43. The molecule has 1 atom stereocenters. The molecule has 2 rings (SSSR count). The second kappa shape index (κ2) is 14.3. The normalized spacial score (nSPS) is 15.6. The van der Waals surface area contributed by atoms with E-state index in [9.17, 15) is 4.79 Å². The Hall–Kier alpha value is -0.790. The van der Waals surface area contributed by atoms with Crippen molar-refractivity contribution < 1.29 is 13.9 Å². The smallest absolute Gasteiger partial charge is 0.220 e. The van der Waals surface area contributed by atoms with Crippen molar-refractivity contribution in [1.29, 1.82) is 0 Å². The van der Waals surface area contributed by atoms with Gasteiger partial charge in [0.05, 0.1) is 19.3 Å². The molecule has 6 nitrogen and oxygen atoms in total. The first-order chi connectivity index (χ1) is 11.7. The van der Waals surface area contributed by atoms with E-state index in [1.165, 1.54) is 0 Å². The number of hydrogen-bond donors (Lipinski definition) is 2. The molecule has 0 spiro atoms. The van der Waals surface area contributed by atoms with Crippen molar-refractivity contribution in [3.63, 3.8) is 0 Å². The van der Waals surface area contributed by atoms with E-state index in [0.717, 1.165) is 70.1 Å². The Morgan fingerprint density at radius 1 is 1.19 bits per heavy atom. The molecule has 0 aromatic carbocycles. The highest BCUT2D eigenvalue weighted by Crippen LogP contribution is 2.23. The number of nitrogens with two attached hydrogens (primary N) is 1. The van der Waals surface area contributed by atoms with E-state index >= 15 is 0 Å². The van der Waals surface area contributed by atoms with E-state index in [0.29, 0.717) is 13.0 Å². The predicted octanol–water partition coefficient (Wildman–Crippen LogP) is 2.83. The fourth-order valence-corrected chi connectivity index (χ4v) is 3.01. The monoisotopic (exact) mass is 409 g/mol. The summed E-state index contributed by atoms with van der Waals surface area (Å²) in [5, 5.41) is 3.07. The van der Waals surface area contributed by atoms with Crippen LogP contribution in [0.25, 0.3) is 0 Å². The second-order valence-electron chi connectivity index (χ2n) is 6.37. The minimum atomic E-state index is 0. The SMILES string of the molecule is Cc1ccc(C(CNC(=O)CCCCCCN)N2CCOCC2)o1.Cl.Cl. The number of nitrogens with zero attached hydrogens (tertiary/aromatic N) is 1. The number of ether oxygens (including phenoxy) is 1. The largest absolute Gasteiger partial charge is 0.465 e. The molecule has 1 unspecified atom stereocenters. The Balaban J connectivity index is 0.00000312. The van der Waals surface area contributed by atoms with Crippen LogP contribution < -0.4 is 11.1 Å². The molecule has 1 aliphatic rings. The lowest BCUT2D eigenvalue weighted by Gasteiger charge is -2.33. The zero-order valence-electron chi connectivity index (χ0n) is 15.6. The molecule has 2 heterocycles. The quantitative estimate of drug-likeness (QED) is 0.580. The van der Waals surface area contributed by atoms with Crippen molar-refractivity contribution in [3.8, 4) is 0 Å². The highest BCUT2D eigenvalue weighted by atomic mass is 35.5. The number of nitrogens with one attached hydrogen (secondary N) is 1. The zero-order chi connectivity index (χ0) is 17.2. The average Bonchev–Trinajstić information content (AvgIpc) is 3.02. The van der Waals surface area contributed by atoms with Crippen LogP contribution in [0, 0.1) is 6.92 Å². The molecule has 1 fully saturated rings. The molecule has 1 aromatic heterocycles. The summed E-state index contributed by atoms with van der Waals surface area (Å²) in [6, 6.07) is 4.06. The summed E-state index contributed by atoms with van der Waals surface area (Å²) >= 11 is 0. The molecule has 1 saturated heterocycles. The van der Waals surface area contributed by atoms with Gasteiger partial charge in [-0.2, -0.15) is 0 Å². The third-order valence-electron chi connectivity index (χ3n) is 4.43. The van der Waals surface area contributed by atoms with Gasteiger partial charge in [0.25, 0.3) is 0 Å². The second-order valence-corrected chi connectivity index (χ2v) is 6.37. The van der Waals surface area contributed by atoms with Crippen molar-refractivity contribution in [3.05, 3.63) is 23.7 Å². The highest BCUT2D eigenvalue weighted by Gasteiger charge is 2.25. The predicted molar refractivity (Wildman–Crippen MR) is 108 cm³/mol. The maximum Gasteiger partial charge on any atom is 0.220 e. The number of morpholine rings is 1. The Morgan fingerprint density at radius 2 is 1.88 bits per heavy atom. The van der Waals surface area contributed by atoms with Gasteiger partial charge in [0.1, 0.15) is 11.5 Å². The summed E-state index contributed by atoms with van der Waals surface area (Å²) in [4.78, 5) is 14.4. The Kier molecular flexibility index (Phi) is 13.9. The topological polar surface area (TPSA) is 80.7 Å². The number of carbonyl (C=O) groups excluding carboxylic acids is 1. The van der Waals surface area contributed by atoms with Gasteiger partial charge in [-0.25, -0.2) is 0 Å². The third kappa shape index (κ3) is 8.73. The molecule has 0 radical (unpaired) electrons. The highest BCUT2D eigenvalue weighted by molar-refractivity contribution is 5.85. The van der Waals surface area contributed by atoms with Gasteiger partial charge in [0.2, 0.25) is 5.91 Å². The van der Waals surface area contributed by atoms with Gasteiger partial charge >= 0.3 is 0 Å². The molecular weight excluding hydrogens is 377 g/mol. The lowest BCUT2D eigenvalue weighted by molar-refractivity contribution is -0.121. The first kappa shape index (κ1) is 25.2. The maximum absolute atomic E-state index is 12.1. The molecule has 1 amide bonds. The zero-order valence-corrected chi connectivity index (χ0v) is 17.2. The standard InChI is InChI=1S/C18H31N3O3.2ClH/c1-15-7-8-17(24-15)16(21-10-12-23-13-11-21)14-20-18(22)6-4-2-3-5-9-19;;/h7-8,16H,2-6,9-14,19H2,1H3,(H,20,22);2*1H. The molecule has 8 heteroatoms. The van der Waals surface area contributed by atoms with Crippen LogP contribution in [0.5, 0.6) is 0 Å². The molecule has 152 valence electrons. The molecule has 1 aromatic rings. The lowest BCUT2D eigenvalue weighted by Crippen LogP contribution is -2.43. The van der Waals surface area contributed by atoms with Gasteiger partial charge in [-0.15, -0.1) is 24.8 Å². The van der Waals surface area contributed by atoms with Gasteiger partial charge in [0, 0.05) is 26.1 Å². The Morgan fingerprint density at radius 3 is 2.50 bits per heavy atom. The molecule has 3 N–H and O–H groups in total. The molecule has 0 aliphatic carbocycles. The Labute approximate surface area is 169 Å². The number of furan rings is 1. The first-order valence-electron chi connectivity index (χ1n) is 9.05. The van der Waals surface area contributed by atoms with Crippen LogP contribution in [0.3, 0.4) is 0 Å². The van der Waals surface area contributed by atoms with Crippen LogP contribution >= 0.6 is 24.8 Å². The number of unbranched alkanes of at least 4 members (excludes halogenated alkanes) is 3. The van der Waals surface area contributed by atoms with E-state index in [-0.39, 0.29) is 36.8 Å². The van der Waals surface area contributed by atoms with Gasteiger partial charge in [-0.3, -0.25) is 9.69 Å². The van der Waals surface area contributed by atoms with E-state index in [1.54, 1.807) is 0 Å². The number of aryl methyl sites for hydroxylation is 1.